The van der Waals surface area contributed by atoms with Gasteiger partial charge in [0.25, 0.3) is 11.8 Å². The van der Waals surface area contributed by atoms with Crippen LogP contribution >= 0.6 is 63.7 Å². The number of oxime groups is 2. The number of hydrogen-bond acceptors (Lipinski definition) is 10. The van der Waals surface area contributed by atoms with E-state index in [1.807, 2.05) is 12.1 Å². The van der Waals surface area contributed by atoms with E-state index in [2.05, 4.69) is 84.7 Å². The Hall–Kier alpha value is -4.12. The van der Waals surface area contributed by atoms with Crippen molar-refractivity contribution in [2.45, 2.75) is 25.7 Å². The van der Waals surface area contributed by atoms with Crippen LogP contribution in [0.25, 0.3) is 0 Å². The number of hydrogen-bond donors (Lipinski definition) is 6. The van der Waals surface area contributed by atoms with Crippen LogP contribution < -0.4 is 20.1 Å². The molecule has 12 nitrogen and oxygen atoms in total. The quantitative estimate of drug-likeness (QED) is 0.0774. The van der Waals surface area contributed by atoms with Gasteiger partial charge in [-0.2, -0.15) is 0 Å². The van der Waals surface area contributed by atoms with Crippen molar-refractivity contribution in [1.82, 2.24) is 10.6 Å². The first-order chi connectivity index (χ1) is 23.9. The van der Waals surface area contributed by atoms with Crippen LogP contribution in [-0.2, 0) is 35.3 Å². The van der Waals surface area contributed by atoms with Crippen molar-refractivity contribution in [2.75, 3.05) is 13.1 Å². The molecule has 4 aliphatic heterocycles. The molecule has 0 spiro atoms. The Kier molecular flexibility index (Phi) is 12.4. The van der Waals surface area contributed by atoms with E-state index in [1.54, 1.807) is 36.4 Å². The molecule has 0 saturated carbocycles. The van der Waals surface area contributed by atoms with Crippen LogP contribution in [0.1, 0.15) is 22.3 Å². The number of carbonyl (C=O) groups is 2. The zero-order valence-corrected chi connectivity index (χ0v) is 32.2. The van der Waals surface area contributed by atoms with Gasteiger partial charge in [0.15, 0.2) is 28.7 Å². The van der Waals surface area contributed by atoms with Crippen molar-refractivity contribution in [1.29, 1.82) is 0 Å². The molecule has 0 aromatic heterocycles. The van der Waals surface area contributed by atoms with Crippen molar-refractivity contribution < 1.29 is 39.7 Å². The number of ether oxygens (including phenoxy) is 2. The molecular weight excluding hydrogens is 912 g/mol. The molecule has 4 aromatic carbocycles. The van der Waals surface area contributed by atoms with Crippen molar-refractivity contribution in [3.8, 4) is 34.5 Å². The number of phenolic OH excluding ortho intramolecular Hbond substituents is 2. The molecule has 8 bridgehead atoms. The van der Waals surface area contributed by atoms with Gasteiger partial charge in [-0.15, -0.1) is 0 Å². The van der Waals surface area contributed by atoms with Gasteiger partial charge in [-0.1, -0.05) is 22.4 Å². The monoisotopic (exact) mass is 936 g/mol. The van der Waals surface area contributed by atoms with Gasteiger partial charge in [-0.05, 0) is 147 Å². The molecule has 0 radical (unpaired) electrons. The SMILES string of the molecule is O=C1NCCc2ccc(c(Br)c2)Oc2cc(ccc2O)CCNC(=O)/C(=N/O)Cc2cc(Br)c(c(Br)c2)Oc2cc(cc(Br)c2O)C/C1=N/O. The van der Waals surface area contributed by atoms with Gasteiger partial charge < -0.3 is 40.7 Å². The molecule has 8 rings (SSSR count). The van der Waals surface area contributed by atoms with Crippen molar-refractivity contribution in [3.63, 3.8) is 0 Å². The normalized spacial score (nSPS) is 16.2. The van der Waals surface area contributed by atoms with E-state index in [9.17, 15) is 30.2 Å². The van der Waals surface area contributed by atoms with E-state index in [1.165, 1.54) is 12.1 Å². The van der Waals surface area contributed by atoms with Crippen molar-refractivity contribution in [2.24, 2.45) is 10.3 Å². The maximum Gasteiger partial charge on any atom is 0.269 e. The minimum absolute atomic E-state index is 0.0255. The van der Waals surface area contributed by atoms with Crippen LogP contribution in [0, 0.1) is 0 Å². The summed E-state index contributed by atoms with van der Waals surface area (Å²) in [6.45, 7) is 0.447. The number of carbonyl (C=O) groups excluding carboxylic acids is 2. The van der Waals surface area contributed by atoms with Crippen LogP contribution in [-0.4, -0.2) is 57.0 Å². The molecule has 0 saturated heterocycles. The van der Waals surface area contributed by atoms with E-state index >= 15 is 0 Å². The van der Waals surface area contributed by atoms with Crippen LogP contribution in [0.15, 0.2) is 88.9 Å². The highest BCUT2D eigenvalue weighted by atomic mass is 79.9. The second-order valence-corrected chi connectivity index (χ2v) is 14.5. The summed E-state index contributed by atoms with van der Waals surface area (Å²) < 4.78 is 13.9. The third-order valence-corrected chi connectivity index (χ3v) is 9.91. The van der Waals surface area contributed by atoms with Crippen LogP contribution in [0.4, 0.5) is 0 Å². The van der Waals surface area contributed by atoms with Gasteiger partial charge >= 0.3 is 0 Å². The Balaban J connectivity index is 1.46. The highest BCUT2D eigenvalue weighted by Crippen LogP contribution is 2.43. The highest BCUT2D eigenvalue weighted by Gasteiger charge is 2.21. The molecule has 6 N–H and O–H groups in total. The number of benzene rings is 4. The molecular formula is C34H28Br4N4O8. The predicted molar refractivity (Wildman–Crippen MR) is 199 cm³/mol. The fraction of sp³-hybridized carbons (Fsp3) is 0.176. The largest absolute Gasteiger partial charge is 0.504 e. The van der Waals surface area contributed by atoms with E-state index in [0.29, 0.717) is 48.9 Å². The van der Waals surface area contributed by atoms with Crippen LogP contribution in [0.2, 0.25) is 0 Å². The Morgan fingerprint density at radius 3 is 1.66 bits per heavy atom. The smallest absolute Gasteiger partial charge is 0.269 e. The first-order valence-electron chi connectivity index (χ1n) is 14.9. The molecule has 260 valence electrons. The number of phenols is 2. The average Bonchev–Trinajstić information content (AvgIpc) is 3.08. The molecule has 0 aliphatic carbocycles. The Morgan fingerprint density at radius 1 is 0.580 bits per heavy atom. The molecule has 4 aliphatic rings. The zero-order valence-electron chi connectivity index (χ0n) is 25.8. The highest BCUT2D eigenvalue weighted by molar-refractivity contribution is 9.11. The molecule has 0 unspecified atom stereocenters. The Labute approximate surface area is 319 Å². The maximum atomic E-state index is 13.0. The molecule has 4 heterocycles. The Morgan fingerprint density at radius 2 is 1.08 bits per heavy atom. The van der Waals surface area contributed by atoms with Gasteiger partial charge in [0.05, 0.1) is 17.9 Å². The first kappa shape index (κ1) is 37.1. The third-order valence-electron chi connectivity index (χ3n) is 7.51. The van der Waals surface area contributed by atoms with E-state index in [-0.39, 0.29) is 64.8 Å². The topological polar surface area (TPSA) is 182 Å². The summed E-state index contributed by atoms with van der Waals surface area (Å²) in [6.07, 6.45) is 0.727. The number of aromatic hydroxyl groups is 2. The summed E-state index contributed by atoms with van der Waals surface area (Å²) in [4.78, 5) is 25.9. The summed E-state index contributed by atoms with van der Waals surface area (Å²) in [6, 6.07) is 16.7. The second-order valence-electron chi connectivity index (χ2n) is 11.0. The predicted octanol–water partition coefficient (Wildman–Crippen LogP) is 7.51. The molecule has 16 heteroatoms. The lowest BCUT2D eigenvalue weighted by atomic mass is 10.1. The van der Waals surface area contributed by atoms with Crippen LogP contribution in [0.3, 0.4) is 0 Å². The number of amides is 2. The fourth-order valence-electron chi connectivity index (χ4n) is 4.98. The molecule has 50 heavy (non-hydrogen) atoms. The van der Waals surface area contributed by atoms with Gasteiger partial charge in [-0.25, -0.2) is 0 Å². The van der Waals surface area contributed by atoms with Gasteiger partial charge in [0.2, 0.25) is 0 Å². The lowest BCUT2D eigenvalue weighted by molar-refractivity contribution is -0.115. The number of rotatable bonds is 0. The lowest BCUT2D eigenvalue weighted by Gasteiger charge is -2.15. The Bertz CT molecular complexity index is 2000. The average molecular weight is 940 g/mol. The number of halogens is 4. The third kappa shape index (κ3) is 9.15. The standard InChI is InChI=1S/C34H28Br4N4O8/c35-21-9-17-2-4-28(21)49-29-15-18(1-3-27(29)43)6-8-40-33(45)25(41-47)13-19-11-23(37)32(24(38)12-19)50-30-16-20(10-22(36)31(30)44)14-26(42-48)34(46)39-7-5-17/h1-4,9-12,15-16,43-44,47-48H,5-8,13-14H2,(H,39,46)(H,40,45)/b41-25+,42-26-. The van der Waals surface area contributed by atoms with Gasteiger partial charge in [0.1, 0.15) is 17.2 Å². The minimum Gasteiger partial charge on any atom is -0.504 e. The number of nitrogens with one attached hydrogen (secondary N) is 2. The first-order valence-corrected chi connectivity index (χ1v) is 18.1. The molecule has 2 amide bonds. The zero-order chi connectivity index (χ0) is 35.9. The second kappa shape index (κ2) is 16.7. The van der Waals surface area contributed by atoms with Crippen molar-refractivity contribution >= 4 is 87.0 Å². The maximum absolute atomic E-state index is 13.0. The minimum atomic E-state index is -0.581. The molecule has 4 aromatic rings. The summed E-state index contributed by atoms with van der Waals surface area (Å²) in [7, 11) is 0. The van der Waals surface area contributed by atoms with Crippen molar-refractivity contribution in [3.05, 3.63) is 101 Å². The molecule has 0 atom stereocenters. The fourth-order valence-corrected chi connectivity index (χ4v) is 7.42. The van der Waals surface area contributed by atoms with Gasteiger partial charge in [-0.3, -0.25) is 9.59 Å². The summed E-state index contributed by atoms with van der Waals surface area (Å²) in [5, 5.41) is 52.6. The summed E-state index contributed by atoms with van der Waals surface area (Å²) >= 11 is 13.8. The van der Waals surface area contributed by atoms with Gasteiger partial charge in [0, 0.05) is 25.9 Å². The van der Waals surface area contributed by atoms with Crippen LogP contribution in [0.5, 0.6) is 34.5 Å². The number of nitrogens with zero attached hydrogens (tertiary/aromatic N) is 2. The molecule has 0 fully saturated rings. The van der Waals surface area contributed by atoms with E-state index < -0.39 is 11.8 Å². The lowest BCUT2D eigenvalue weighted by Crippen LogP contribution is -2.33. The summed E-state index contributed by atoms with van der Waals surface area (Å²) in [5.74, 6) is -0.435. The van der Waals surface area contributed by atoms with E-state index in [0.717, 1.165) is 11.1 Å². The summed E-state index contributed by atoms with van der Waals surface area (Å²) in [5.41, 5.74) is 2.44. The van der Waals surface area contributed by atoms with E-state index in [4.69, 9.17) is 9.47 Å².